The lowest BCUT2D eigenvalue weighted by Gasteiger charge is -2.01. The molecule has 14 heavy (non-hydrogen) atoms. The number of hydrogen-bond donors (Lipinski definition) is 2. The summed E-state index contributed by atoms with van der Waals surface area (Å²) in [5.74, 6) is 0.465. The minimum absolute atomic E-state index is 0.465. The molecular weight excluding hydrogens is 182 g/mol. The topological polar surface area (TPSA) is 67.0 Å². The molecule has 2 heterocycles. The zero-order valence-corrected chi connectivity index (χ0v) is 7.57. The molecule has 0 radical (unpaired) electrons. The third-order valence-corrected chi connectivity index (χ3v) is 1.82. The molecule has 0 aliphatic rings. The number of rotatable bonds is 1. The summed E-state index contributed by atoms with van der Waals surface area (Å²) in [6, 6.07) is 5.49. The van der Waals surface area contributed by atoms with Gasteiger partial charge in [0.1, 0.15) is 11.5 Å². The molecule has 0 fully saturated rings. The number of anilines is 1. The molecule has 2 rings (SSSR count). The molecule has 5 nitrogen and oxygen atoms in total. The lowest BCUT2D eigenvalue weighted by Crippen LogP contribution is -2.11. The van der Waals surface area contributed by atoms with E-state index in [0.717, 1.165) is 11.0 Å². The van der Waals surface area contributed by atoms with Crippen molar-refractivity contribution in [3.8, 4) is 0 Å². The van der Waals surface area contributed by atoms with E-state index in [9.17, 15) is 4.79 Å². The Morgan fingerprint density at radius 1 is 1.50 bits per heavy atom. The van der Waals surface area contributed by atoms with Crippen LogP contribution >= 0.6 is 0 Å². The Morgan fingerprint density at radius 3 is 3.14 bits per heavy atom. The molecule has 0 saturated carbocycles. The number of pyridine rings is 1. The maximum absolute atomic E-state index is 10.9. The molecule has 0 unspecified atom stereocenters. The molecule has 2 N–H and O–H groups in total. The summed E-state index contributed by atoms with van der Waals surface area (Å²) in [7, 11) is 1.31. The summed E-state index contributed by atoms with van der Waals surface area (Å²) >= 11 is 0. The van der Waals surface area contributed by atoms with Crippen molar-refractivity contribution >= 4 is 22.9 Å². The molecule has 0 aliphatic heterocycles. The summed E-state index contributed by atoms with van der Waals surface area (Å²) < 4.78 is 4.45. The number of carbonyl (C=O) groups is 1. The van der Waals surface area contributed by atoms with Crippen LogP contribution in [0.5, 0.6) is 0 Å². The lowest BCUT2D eigenvalue weighted by molar-refractivity contribution is 0.187. The molecule has 0 atom stereocenters. The second kappa shape index (κ2) is 3.37. The van der Waals surface area contributed by atoms with Crippen LogP contribution in [0, 0.1) is 0 Å². The third-order valence-electron chi connectivity index (χ3n) is 1.82. The van der Waals surface area contributed by atoms with E-state index in [1.54, 1.807) is 12.3 Å². The highest BCUT2D eigenvalue weighted by Gasteiger charge is 2.02. The quantitative estimate of drug-likeness (QED) is 0.721. The van der Waals surface area contributed by atoms with E-state index in [2.05, 4.69) is 20.0 Å². The highest BCUT2D eigenvalue weighted by Crippen LogP contribution is 2.12. The summed E-state index contributed by atoms with van der Waals surface area (Å²) in [5, 5.41) is 3.48. The van der Waals surface area contributed by atoms with Crippen LogP contribution in [0.1, 0.15) is 0 Å². The lowest BCUT2D eigenvalue weighted by atomic mass is 10.3. The standard InChI is InChI=1S/C9H9N3O2/c1-14-9(13)12-7-3-2-6-4-5-10-8(6)11-7/h2-5H,1H3,(H2,10,11,12,13). The average molecular weight is 191 g/mol. The van der Waals surface area contributed by atoms with Gasteiger partial charge in [0.05, 0.1) is 7.11 Å². The monoisotopic (exact) mass is 191 g/mol. The van der Waals surface area contributed by atoms with Crippen molar-refractivity contribution in [2.75, 3.05) is 12.4 Å². The van der Waals surface area contributed by atoms with Gasteiger partial charge in [-0.1, -0.05) is 0 Å². The molecule has 0 aliphatic carbocycles. The normalized spacial score (nSPS) is 10.1. The molecule has 0 saturated heterocycles. The second-order valence-electron chi connectivity index (χ2n) is 2.73. The zero-order valence-electron chi connectivity index (χ0n) is 7.57. The van der Waals surface area contributed by atoms with Crippen molar-refractivity contribution in [2.24, 2.45) is 0 Å². The first-order chi connectivity index (χ1) is 6.79. The van der Waals surface area contributed by atoms with Gasteiger partial charge >= 0.3 is 6.09 Å². The molecule has 1 amide bonds. The van der Waals surface area contributed by atoms with Gasteiger partial charge in [0.2, 0.25) is 0 Å². The van der Waals surface area contributed by atoms with E-state index in [1.807, 2.05) is 12.1 Å². The van der Waals surface area contributed by atoms with E-state index >= 15 is 0 Å². The van der Waals surface area contributed by atoms with Crippen LogP contribution in [-0.4, -0.2) is 23.2 Å². The number of fused-ring (bicyclic) bond motifs is 1. The fourth-order valence-electron chi connectivity index (χ4n) is 1.16. The Labute approximate surface area is 80.1 Å². The number of methoxy groups -OCH3 is 1. The zero-order chi connectivity index (χ0) is 9.97. The van der Waals surface area contributed by atoms with Gasteiger partial charge in [0.25, 0.3) is 0 Å². The fourth-order valence-corrected chi connectivity index (χ4v) is 1.16. The van der Waals surface area contributed by atoms with Crippen molar-refractivity contribution in [3.05, 3.63) is 24.4 Å². The Morgan fingerprint density at radius 2 is 2.36 bits per heavy atom. The Balaban J connectivity index is 2.30. The number of H-pyrrole nitrogens is 1. The number of nitrogens with zero attached hydrogens (tertiary/aromatic N) is 1. The van der Waals surface area contributed by atoms with Gasteiger partial charge in [-0.25, -0.2) is 9.78 Å². The first-order valence-corrected chi connectivity index (χ1v) is 4.09. The van der Waals surface area contributed by atoms with Crippen molar-refractivity contribution in [3.63, 3.8) is 0 Å². The van der Waals surface area contributed by atoms with Gasteiger partial charge in [-0.3, -0.25) is 5.32 Å². The van der Waals surface area contributed by atoms with Crippen LogP contribution in [0.25, 0.3) is 11.0 Å². The highest BCUT2D eigenvalue weighted by atomic mass is 16.5. The minimum Gasteiger partial charge on any atom is -0.453 e. The van der Waals surface area contributed by atoms with Crippen molar-refractivity contribution in [1.82, 2.24) is 9.97 Å². The van der Waals surface area contributed by atoms with Crippen molar-refractivity contribution in [1.29, 1.82) is 0 Å². The Kier molecular flexibility index (Phi) is 2.06. The number of aromatic nitrogens is 2. The summed E-state index contributed by atoms with van der Waals surface area (Å²) in [5.41, 5.74) is 0.735. The summed E-state index contributed by atoms with van der Waals surface area (Å²) in [4.78, 5) is 18.0. The van der Waals surface area contributed by atoms with Gasteiger partial charge < -0.3 is 9.72 Å². The smallest absolute Gasteiger partial charge is 0.412 e. The fraction of sp³-hybridized carbons (Fsp3) is 0.111. The molecule has 0 bridgehead atoms. The molecule has 2 aromatic rings. The predicted octanol–water partition coefficient (Wildman–Crippen LogP) is 1.74. The maximum atomic E-state index is 10.9. The number of nitrogens with one attached hydrogen (secondary N) is 2. The number of amides is 1. The highest BCUT2D eigenvalue weighted by molar-refractivity contribution is 5.85. The number of ether oxygens (including phenoxy) is 1. The average Bonchev–Trinajstić information content (AvgIpc) is 2.64. The predicted molar refractivity (Wildman–Crippen MR) is 52.1 cm³/mol. The van der Waals surface area contributed by atoms with Crippen LogP contribution in [0.15, 0.2) is 24.4 Å². The van der Waals surface area contributed by atoms with Crippen LogP contribution < -0.4 is 5.32 Å². The number of carbonyl (C=O) groups excluding carboxylic acids is 1. The van der Waals surface area contributed by atoms with Crippen molar-refractivity contribution in [2.45, 2.75) is 0 Å². The van der Waals surface area contributed by atoms with Gasteiger partial charge in [0, 0.05) is 11.6 Å². The van der Waals surface area contributed by atoms with Crippen LogP contribution in [-0.2, 0) is 4.74 Å². The van der Waals surface area contributed by atoms with Gasteiger partial charge in [-0.15, -0.1) is 0 Å². The molecule has 5 heteroatoms. The Bertz CT molecular complexity index is 464. The van der Waals surface area contributed by atoms with E-state index in [4.69, 9.17) is 0 Å². The maximum Gasteiger partial charge on any atom is 0.412 e. The number of hydrogen-bond acceptors (Lipinski definition) is 3. The van der Waals surface area contributed by atoms with Gasteiger partial charge in [0.15, 0.2) is 0 Å². The SMILES string of the molecule is COC(=O)Nc1ccc2cc[nH]c2n1. The largest absolute Gasteiger partial charge is 0.453 e. The first kappa shape index (κ1) is 8.55. The van der Waals surface area contributed by atoms with E-state index < -0.39 is 6.09 Å². The van der Waals surface area contributed by atoms with E-state index in [1.165, 1.54) is 7.11 Å². The van der Waals surface area contributed by atoms with Crippen LogP contribution in [0.3, 0.4) is 0 Å². The molecule has 72 valence electrons. The molecule has 2 aromatic heterocycles. The first-order valence-electron chi connectivity index (χ1n) is 4.09. The number of aromatic amines is 1. The minimum atomic E-state index is -0.525. The molecular formula is C9H9N3O2. The molecule has 0 spiro atoms. The molecule has 0 aromatic carbocycles. The summed E-state index contributed by atoms with van der Waals surface area (Å²) in [6.07, 6.45) is 1.27. The van der Waals surface area contributed by atoms with Gasteiger partial charge in [-0.05, 0) is 18.2 Å². The Hall–Kier alpha value is -2.04. The third kappa shape index (κ3) is 1.52. The van der Waals surface area contributed by atoms with Gasteiger partial charge in [-0.2, -0.15) is 0 Å². The van der Waals surface area contributed by atoms with Crippen molar-refractivity contribution < 1.29 is 9.53 Å². The van der Waals surface area contributed by atoms with E-state index in [0.29, 0.717) is 5.82 Å². The van der Waals surface area contributed by atoms with Crippen LogP contribution in [0.2, 0.25) is 0 Å². The summed E-state index contributed by atoms with van der Waals surface area (Å²) in [6.45, 7) is 0. The van der Waals surface area contributed by atoms with E-state index in [-0.39, 0.29) is 0 Å². The van der Waals surface area contributed by atoms with Crippen LogP contribution in [0.4, 0.5) is 10.6 Å². The second-order valence-corrected chi connectivity index (χ2v) is 2.73.